The van der Waals surface area contributed by atoms with Crippen LogP contribution in [0.15, 0.2) is 23.7 Å². The molecule has 0 saturated carbocycles. The predicted molar refractivity (Wildman–Crippen MR) is 56.1 cm³/mol. The highest BCUT2D eigenvalue weighted by molar-refractivity contribution is 5.95. The monoisotopic (exact) mass is 214 g/mol. The Hall–Kier alpha value is -2.60. The lowest BCUT2D eigenvalue weighted by Gasteiger charge is -1.96. The Bertz CT molecular complexity index is 729. The van der Waals surface area contributed by atoms with Crippen LogP contribution in [0.5, 0.6) is 0 Å². The number of nitrogens with zero attached hydrogens (tertiary/aromatic N) is 8. The van der Waals surface area contributed by atoms with Gasteiger partial charge in [0.05, 0.1) is 5.39 Å². The minimum atomic E-state index is 0.302. The van der Waals surface area contributed by atoms with Crippen molar-refractivity contribution < 1.29 is 0 Å². The van der Waals surface area contributed by atoms with E-state index in [2.05, 4.69) is 25.2 Å². The first kappa shape index (κ1) is 8.69. The van der Waals surface area contributed by atoms with Crippen LogP contribution < -0.4 is 0 Å². The van der Waals surface area contributed by atoms with E-state index < -0.39 is 0 Å². The molecule has 3 aromatic heterocycles. The molecule has 8 nitrogen and oxygen atoms in total. The van der Waals surface area contributed by atoms with Gasteiger partial charge in [-0.15, -0.1) is 0 Å². The van der Waals surface area contributed by atoms with Gasteiger partial charge in [-0.2, -0.15) is 10.2 Å². The highest BCUT2D eigenvalue weighted by Gasteiger charge is 2.11. The van der Waals surface area contributed by atoms with E-state index in [1.807, 2.05) is 0 Å². The summed E-state index contributed by atoms with van der Waals surface area (Å²) >= 11 is 0. The summed E-state index contributed by atoms with van der Waals surface area (Å²) in [6, 6.07) is 0. The molecule has 0 spiro atoms. The number of hydrogen-bond acceptors (Lipinski definition) is 4. The summed E-state index contributed by atoms with van der Waals surface area (Å²) in [7, 11) is 1.79. The molecule has 3 aromatic rings. The van der Waals surface area contributed by atoms with Gasteiger partial charge in [0.2, 0.25) is 0 Å². The number of hydrogen-bond donors (Lipinski definition) is 0. The minimum absolute atomic E-state index is 0.302. The van der Waals surface area contributed by atoms with Gasteiger partial charge < -0.3 is 0 Å². The zero-order valence-corrected chi connectivity index (χ0v) is 8.31. The summed E-state index contributed by atoms with van der Waals surface area (Å²) in [6.07, 6.45) is 5.05. The average molecular weight is 214 g/mol. The van der Waals surface area contributed by atoms with Crippen molar-refractivity contribution in [2.24, 2.45) is 12.2 Å². The molecule has 0 N–H and O–H groups in total. The van der Waals surface area contributed by atoms with Crippen LogP contribution >= 0.6 is 0 Å². The summed E-state index contributed by atoms with van der Waals surface area (Å²) in [5.74, 6) is 0.302. The lowest BCUT2D eigenvalue weighted by atomic mass is 10.3. The minimum Gasteiger partial charge on any atom is -0.274 e. The van der Waals surface area contributed by atoms with Crippen LogP contribution in [-0.2, 0) is 7.05 Å². The molecule has 0 fully saturated rings. The Balaban J connectivity index is 2.58. The molecule has 0 atom stereocenters. The summed E-state index contributed by atoms with van der Waals surface area (Å²) in [5, 5.41) is 12.7. The van der Waals surface area contributed by atoms with E-state index in [-0.39, 0.29) is 0 Å². The van der Waals surface area contributed by atoms with Gasteiger partial charge >= 0.3 is 0 Å². The van der Waals surface area contributed by atoms with E-state index in [9.17, 15) is 0 Å². The van der Waals surface area contributed by atoms with Crippen LogP contribution in [0.4, 0.5) is 5.82 Å². The molecule has 0 saturated heterocycles. The second-order valence-corrected chi connectivity index (χ2v) is 3.27. The molecule has 0 aliphatic heterocycles. The van der Waals surface area contributed by atoms with Gasteiger partial charge in [-0.25, -0.2) is 9.50 Å². The van der Waals surface area contributed by atoms with Crippen molar-refractivity contribution in [3.05, 3.63) is 29.0 Å². The van der Waals surface area contributed by atoms with Crippen molar-refractivity contribution >= 4 is 22.4 Å². The number of aryl methyl sites for hydroxylation is 1. The number of aromatic nitrogens is 5. The van der Waals surface area contributed by atoms with E-state index in [0.717, 1.165) is 0 Å². The molecule has 0 aliphatic rings. The second-order valence-electron chi connectivity index (χ2n) is 3.27. The first-order valence-electron chi connectivity index (χ1n) is 4.51. The van der Waals surface area contributed by atoms with Crippen LogP contribution in [-0.4, -0.2) is 24.4 Å². The van der Waals surface area contributed by atoms with Gasteiger partial charge in [-0.1, -0.05) is 0 Å². The van der Waals surface area contributed by atoms with Crippen molar-refractivity contribution in [2.75, 3.05) is 0 Å². The normalized spacial score (nSPS) is 10.8. The Kier molecular flexibility index (Phi) is 1.60. The maximum Gasteiger partial charge on any atom is 0.182 e. The maximum atomic E-state index is 8.47. The SMILES string of the molecule is Cn1cc2c(N=[N+]=[N-])nn3ccnc3c2n1. The zero-order valence-electron chi connectivity index (χ0n) is 8.31. The van der Waals surface area contributed by atoms with Gasteiger partial charge in [0.15, 0.2) is 11.5 Å². The Morgan fingerprint density at radius 1 is 1.44 bits per heavy atom. The van der Waals surface area contributed by atoms with Crippen LogP contribution in [0.25, 0.3) is 27.0 Å². The van der Waals surface area contributed by atoms with Crippen LogP contribution in [0.2, 0.25) is 0 Å². The lowest BCUT2D eigenvalue weighted by molar-refractivity contribution is 0.779. The fourth-order valence-electron chi connectivity index (χ4n) is 1.64. The molecule has 3 rings (SSSR count). The lowest BCUT2D eigenvalue weighted by Crippen LogP contribution is -1.91. The average Bonchev–Trinajstić information content (AvgIpc) is 2.83. The molecule has 0 radical (unpaired) electrons. The third-order valence-electron chi connectivity index (χ3n) is 2.25. The molecule has 0 aliphatic carbocycles. The molecule has 3 heterocycles. The molecule has 0 amide bonds. The largest absolute Gasteiger partial charge is 0.274 e. The Morgan fingerprint density at radius 3 is 3.12 bits per heavy atom. The van der Waals surface area contributed by atoms with Crippen molar-refractivity contribution in [1.29, 1.82) is 0 Å². The summed E-state index contributed by atoms with van der Waals surface area (Å²) in [5.41, 5.74) is 9.79. The summed E-state index contributed by atoms with van der Waals surface area (Å²) in [4.78, 5) is 6.90. The van der Waals surface area contributed by atoms with Crippen molar-refractivity contribution in [2.45, 2.75) is 0 Å². The van der Waals surface area contributed by atoms with Gasteiger partial charge in [-0.3, -0.25) is 4.68 Å². The van der Waals surface area contributed by atoms with Crippen molar-refractivity contribution in [3.63, 3.8) is 0 Å². The number of fused-ring (bicyclic) bond motifs is 3. The first-order valence-corrected chi connectivity index (χ1v) is 4.51. The van der Waals surface area contributed by atoms with Gasteiger partial charge in [-0.05, 0) is 10.6 Å². The third kappa shape index (κ3) is 1.04. The standard InChI is InChI=1S/C8H6N8/c1-15-4-5-6(12-15)8-10-2-3-16(8)13-7(5)11-14-9/h2-4H,1H3. The van der Waals surface area contributed by atoms with E-state index >= 15 is 0 Å². The van der Waals surface area contributed by atoms with Gasteiger partial charge in [0.25, 0.3) is 0 Å². The molecule has 16 heavy (non-hydrogen) atoms. The smallest absolute Gasteiger partial charge is 0.182 e. The maximum absolute atomic E-state index is 8.47. The Labute approximate surface area is 88.7 Å². The van der Waals surface area contributed by atoms with Gasteiger partial charge in [0, 0.05) is 30.5 Å². The van der Waals surface area contributed by atoms with Crippen molar-refractivity contribution in [1.82, 2.24) is 24.4 Å². The fourth-order valence-corrected chi connectivity index (χ4v) is 1.64. The van der Waals surface area contributed by atoms with Crippen LogP contribution in [0.1, 0.15) is 0 Å². The second kappa shape index (κ2) is 2.94. The molecule has 0 aromatic carbocycles. The van der Waals surface area contributed by atoms with Crippen LogP contribution in [0.3, 0.4) is 0 Å². The Morgan fingerprint density at radius 2 is 2.31 bits per heavy atom. The quantitative estimate of drug-likeness (QED) is 0.349. The highest BCUT2D eigenvalue weighted by Crippen LogP contribution is 2.24. The number of rotatable bonds is 1. The van der Waals surface area contributed by atoms with E-state index in [4.69, 9.17) is 5.53 Å². The third-order valence-corrected chi connectivity index (χ3v) is 2.25. The first-order chi connectivity index (χ1) is 7.79. The molecular formula is C8H6N8. The van der Waals surface area contributed by atoms with Crippen LogP contribution in [0, 0.1) is 0 Å². The fraction of sp³-hybridized carbons (Fsp3) is 0.125. The molecule has 0 unspecified atom stereocenters. The predicted octanol–water partition coefficient (Wildman–Crippen LogP) is 1.56. The van der Waals surface area contributed by atoms with E-state index in [1.165, 1.54) is 0 Å². The summed E-state index contributed by atoms with van der Waals surface area (Å²) in [6.45, 7) is 0. The van der Waals surface area contributed by atoms with E-state index in [1.54, 1.807) is 34.8 Å². The molecule has 0 bridgehead atoms. The molecule has 8 heteroatoms. The number of azide groups is 1. The molecular weight excluding hydrogens is 208 g/mol. The summed E-state index contributed by atoms with van der Waals surface area (Å²) < 4.78 is 3.18. The van der Waals surface area contributed by atoms with Crippen molar-refractivity contribution in [3.8, 4) is 0 Å². The van der Waals surface area contributed by atoms with Gasteiger partial charge in [0.1, 0.15) is 5.52 Å². The highest BCUT2D eigenvalue weighted by atomic mass is 15.3. The van der Waals surface area contributed by atoms with E-state index in [0.29, 0.717) is 22.4 Å². The molecule has 78 valence electrons. The topological polar surface area (TPSA) is 96.8 Å². The number of imidazole rings is 1. The zero-order chi connectivity index (χ0) is 11.1.